The number of ether oxygens (including phenoxy) is 1. The SMILES string of the molecule is C=CCCc1ccc2c(c1F)Oc1c(cc(CCC3CCC(CCC)CC3)c(F)c1F)C2. The molecule has 4 rings (SSSR count). The molecule has 2 aliphatic rings. The van der Waals surface area contributed by atoms with Gasteiger partial charge in [-0.2, -0.15) is 4.39 Å². The Morgan fingerprint density at radius 3 is 2.25 bits per heavy atom. The van der Waals surface area contributed by atoms with Gasteiger partial charge in [0.15, 0.2) is 23.1 Å². The predicted octanol–water partition coefficient (Wildman–Crippen LogP) is 8.46. The summed E-state index contributed by atoms with van der Waals surface area (Å²) in [5, 5.41) is 0. The maximum Gasteiger partial charge on any atom is 0.201 e. The van der Waals surface area contributed by atoms with E-state index in [2.05, 4.69) is 13.5 Å². The highest BCUT2D eigenvalue weighted by atomic mass is 19.2. The van der Waals surface area contributed by atoms with Crippen molar-refractivity contribution in [2.45, 2.75) is 77.6 Å². The molecular weight excluding hydrogens is 409 g/mol. The summed E-state index contributed by atoms with van der Waals surface area (Å²) in [6.45, 7) is 5.90. The van der Waals surface area contributed by atoms with Crippen molar-refractivity contribution in [2.75, 3.05) is 0 Å². The maximum atomic E-state index is 14.9. The van der Waals surface area contributed by atoms with Crippen LogP contribution in [0.3, 0.4) is 0 Å². The number of hydrogen-bond acceptors (Lipinski definition) is 1. The molecule has 32 heavy (non-hydrogen) atoms. The smallest absolute Gasteiger partial charge is 0.201 e. The zero-order valence-corrected chi connectivity index (χ0v) is 19.0. The van der Waals surface area contributed by atoms with E-state index in [4.69, 9.17) is 4.74 Å². The molecule has 1 heterocycles. The van der Waals surface area contributed by atoms with Crippen LogP contribution < -0.4 is 4.74 Å². The Balaban J connectivity index is 1.48. The monoisotopic (exact) mass is 442 g/mol. The summed E-state index contributed by atoms with van der Waals surface area (Å²) in [5.41, 5.74) is 2.17. The van der Waals surface area contributed by atoms with E-state index in [0.717, 1.165) is 12.3 Å². The summed E-state index contributed by atoms with van der Waals surface area (Å²) in [4.78, 5) is 0. The first-order valence-electron chi connectivity index (χ1n) is 12.1. The molecule has 0 bridgehead atoms. The van der Waals surface area contributed by atoms with Crippen molar-refractivity contribution in [1.82, 2.24) is 0 Å². The first-order valence-corrected chi connectivity index (χ1v) is 12.1. The van der Waals surface area contributed by atoms with E-state index < -0.39 is 17.5 Å². The highest BCUT2D eigenvalue weighted by Gasteiger charge is 2.29. The van der Waals surface area contributed by atoms with Crippen molar-refractivity contribution in [2.24, 2.45) is 11.8 Å². The second-order valence-corrected chi connectivity index (χ2v) is 9.50. The van der Waals surface area contributed by atoms with Crippen LogP contribution in [-0.4, -0.2) is 0 Å². The van der Waals surface area contributed by atoms with E-state index in [1.54, 1.807) is 18.2 Å². The molecule has 1 aliphatic heterocycles. The van der Waals surface area contributed by atoms with Crippen LogP contribution in [0.25, 0.3) is 0 Å². The quantitative estimate of drug-likeness (QED) is 0.318. The summed E-state index contributed by atoms with van der Waals surface area (Å²) in [5.74, 6) is -1.06. The summed E-state index contributed by atoms with van der Waals surface area (Å²) < 4.78 is 50.3. The molecule has 0 spiro atoms. The largest absolute Gasteiger partial charge is 0.450 e. The van der Waals surface area contributed by atoms with Crippen molar-refractivity contribution in [3.05, 3.63) is 70.6 Å². The Hall–Kier alpha value is -2.23. The van der Waals surface area contributed by atoms with Crippen LogP contribution in [-0.2, 0) is 19.3 Å². The zero-order valence-electron chi connectivity index (χ0n) is 19.0. The summed E-state index contributed by atoms with van der Waals surface area (Å²) in [6.07, 6.45) is 12.0. The predicted molar refractivity (Wildman–Crippen MR) is 123 cm³/mol. The number of aryl methyl sites for hydroxylation is 2. The highest BCUT2D eigenvalue weighted by molar-refractivity contribution is 5.53. The van der Waals surface area contributed by atoms with Crippen molar-refractivity contribution >= 4 is 0 Å². The van der Waals surface area contributed by atoms with Crippen LogP contribution in [0.5, 0.6) is 11.5 Å². The van der Waals surface area contributed by atoms with Gasteiger partial charge in [0.25, 0.3) is 0 Å². The lowest BCUT2D eigenvalue weighted by Gasteiger charge is -2.28. The minimum Gasteiger partial charge on any atom is -0.450 e. The molecule has 1 aliphatic carbocycles. The molecule has 0 aromatic heterocycles. The van der Waals surface area contributed by atoms with Gasteiger partial charge >= 0.3 is 0 Å². The third kappa shape index (κ3) is 4.74. The zero-order chi connectivity index (χ0) is 22.7. The van der Waals surface area contributed by atoms with E-state index >= 15 is 0 Å². The fraction of sp³-hybridized carbons (Fsp3) is 0.500. The molecule has 0 unspecified atom stereocenters. The van der Waals surface area contributed by atoms with Crippen LogP contribution in [0.2, 0.25) is 0 Å². The van der Waals surface area contributed by atoms with Gasteiger partial charge in [-0.25, -0.2) is 8.78 Å². The van der Waals surface area contributed by atoms with E-state index in [1.165, 1.54) is 38.5 Å². The van der Waals surface area contributed by atoms with E-state index in [-0.39, 0.29) is 11.5 Å². The Morgan fingerprint density at radius 2 is 1.56 bits per heavy atom. The summed E-state index contributed by atoms with van der Waals surface area (Å²) in [7, 11) is 0. The van der Waals surface area contributed by atoms with Crippen LogP contribution >= 0.6 is 0 Å². The second-order valence-electron chi connectivity index (χ2n) is 9.50. The molecule has 1 nitrogen and oxygen atoms in total. The standard InChI is InChI=1S/C28H33F3O/c1-3-5-7-20-14-15-22-17-23-16-21(13-12-19-10-8-18(6-4-2)9-11-19)24(29)26(31)28(23)32-27(22)25(20)30/h3,14-16,18-19H,1,4-13,17H2,2H3. The van der Waals surface area contributed by atoms with Gasteiger partial charge in [0.05, 0.1) is 0 Å². The van der Waals surface area contributed by atoms with Gasteiger partial charge in [0, 0.05) is 17.5 Å². The molecule has 1 saturated carbocycles. The Labute approximate surface area is 189 Å². The Kier molecular flexibility index (Phi) is 7.27. The lowest BCUT2D eigenvalue weighted by Crippen LogP contribution is -2.16. The van der Waals surface area contributed by atoms with Crippen molar-refractivity contribution in [3.63, 3.8) is 0 Å². The number of halogens is 3. The van der Waals surface area contributed by atoms with Crippen molar-refractivity contribution < 1.29 is 17.9 Å². The third-order valence-electron chi connectivity index (χ3n) is 7.26. The average molecular weight is 443 g/mol. The van der Waals surface area contributed by atoms with E-state index in [0.29, 0.717) is 53.9 Å². The van der Waals surface area contributed by atoms with Crippen molar-refractivity contribution in [1.29, 1.82) is 0 Å². The normalized spacial score (nSPS) is 19.8. The number of allylic oxidation sites excluding steroid dienone is 1. The number of rotatable bonds is 8. The molecule has 2 aromatic carbocycles. The van der Waals surface area contributed by atoms with Gasteiger partial charge in [0.2, 0.25) is 5.82 Å². The fourth-order valence-corrected chi connectivity index (χ4v) is 5.37. The lowest BCUT2D eigenvalue weighted by atomic mass is 9.78. The van der Waals surface area contributed by atoms with E-state index in [9.17, 15) is 13.2 Å². The van der Waals surface area contributed by atoms with Gasteiger partial charge in [-0.05, 0) is 54.7 Å². The molecular formula is C28H33F3O. The minimum absolute atomic E-state index is 0.0222. The molecule has 0 atom stereocenters. The molecule has 0 amide bonds. The number of hydrogen-bond donors (Lipinski definition) is 0. The van der Waals surface area contributed by atoms with E-state index in [1.807, 2.05) is 6.07 Å². The minimum atomic E-state index is -0.995. The first-order chi connectivity index (χ1) is 15.5. The molecule has 0 saturated heterocycles. The molecule has 2 aromatic rings. The topological polar surface area (TPSA) is 9.23 Å². The third-order valence-corrected chi connectivity index (χ3v) is 7.26. The van der Waals surface area contributed by atoms with Crippen LogP contribution in [0, 0.1) is 29.3 Å². The Morgan fingerprint density at radius 1 is 0.875 bits per heavy atom. The molecule has 0 N–H and O–H groups in total. The van der Waals surface area contributed by atoms with Crippen LogP contribution in [0.15, 0.2) is 30.9 Å². The van der Waals surface area contributed by atoms with Crippen LogP contribution in [0.4, 0.5) is 13.2 Å². The first kappa shape index (κ1) is 22.9. The average Bonchev–Trinajstić information content (AvgIpc) is 2.80. The van der Waals surface area contributed by atoms with Gasteiger partial charge in [-0.3, -0.25) is 0 Å². The number of fused-ring (bicyclic) bond motifs is 2. The van der Waals surface area contributed by atoms with Gasteiger partial charge in [0.1, 0.15) is 0 Å². The lowest BCUT2D eigenvalue weighted by molar-refractivity contribution is 0.251. The second kappa shape index (κ2) is 10.1. The fourth-order valence-electron chi connectivity index (χ4n) is 5.37. The summed E-state index contributed by atoms with van der Waals surface area (Å²) in [6, 6.07) is 5.31. The Bertz CT molecular complexity index is 973. The molecule has 172 valence electrons. The maximum absolute atomic E-state index is 14.9. The van der Waals surface area contributed by atoms with Gasteiger partial charge in [-0.1, -0.05) is 63.7 Å². The van der Waals surface area contributed by atoms with Crippen molar-refractivity contribution in [3.8, 4) is 11.5 Å². The molecule has 1 fully saturated rings. The molecule has 0 radical (unpaired) electrons. The van der Waals surface area contributed by atoms with Gasteiger partial charge in [-0.15, -0.1) is 6.58 Å². The van der Waals surface area contributed by atoms with Gasteiger partial charge < -0.3 is 4.74 Å². The highest BCUT2D eigenvalue weighted by Crippen LogP contribution is 2.43. The van der Waals surface area contributed by atoms with Crippen LogP contribution in [0.1, 0.15) is 80.5 Å². The molecule has 4 heteroatoms. The summed E-state index contributed by atoms with van der Waals surface area (Å²) >= 11 is 0. The number of benzene rings is 2.